The van der Waals surface area contributed by atoms with Crippen molar-refractivity contribution < 1.29 is 9.94 Å². The highest BCUT2D eigenvalue weighted by atomic mass is 16.7. The molecule has 4 nitrogen and oxygen atoms in total. The summed E-state index contributed by atoms with van der Waals surface area (Å²) in [4.78, 5) is 6.38. The molecule has 1 aliphatic heterocycles. The zero-order chi connectivity index (χ0) is 20.2. The molecule has 2 atom stereocenters. The third kappa shape index (κ3) is 4.64. The van der Waals surface area contributed by atoms with Crippen LogP contribution in [0.5, 0.6) is 0 Å². The van der Waals surface area contributed by atoms with Crippen molar-refractivity contribution in [2.75, 3.05) is 13.2 Å². The van der Waals surface area contributed by atoms with Gasteiger partial charge in [-0.1, -0.05) is 68.4 Å². The topological polar surface area (TPSA) is 58.7 Å². The van der Waals surface area contributed by atoms with Crippen molar-refractivity contribution in [1.29, 1.82) is 0 Å². The SMILES string of the molecule is CC(C)C[C@]1(CCO)C[C@](C)(CN)ON1Cc1ccc(-c2ccccc2)cc1. The Morgan fingerprint density at radius 1 is 1.07 bits per heavy atom. The summed E-state index contributed by atoms with van der Waals surface area (Å²) in [6.07, 6.45) is 2.52. The van der Waals surface area contributed by atoms with E-state index in [9.17, 15) is 5.11 Å². The van der Waals surface area contributed by atoms with Gasteiger partial charge in [0.1, 0.15) is 5.60 Å². The molecule has 0 unspecified atom stereocenters. The first-order valence-corrected chi connectivity index (χ1v) is 10.3. The molecule has 1 fully saturated rings. The van der Waals surface area contributed by atoms with Gasteiger partial charge in [0.2, 0.25) is 0 Å². The van der Waals surface area contributed by atoms with Gasteiger partial charge in [0, 0.05) is 26.1 Å². The Bertz CT molecular complexity index is 747. The lowest BCUT2D eigenvalue weighted by Crippen LogP contribution is -2.44. The normalized spacial score (nSPS) is 25.5. The fourth-order valence-corrected chi connectivity index (χ4v) is 4.55. The molecule has 1 heterocycles. The van der Waals surface area contributed by atoms with E-state index in [0.717, 1.165) is 12.8 Å². The summed E-state index contributed by atoms with van der Waals surface area (Å²) in [7, 11) is 0. The van der Waals surface area contributed by atoms with Crippen LogP contribution in [0, 0.1) is 5.92 Å². The highest BCUT2D eigenvalue weighted by Gasteiger charge is 2.51. The Morgan fingerprint density at radius 3 is 2.29 bits per heavy atom. The maximum Gasteiger partial charge on any atom is 0.101 e. The summed E-state index contributed by atoms with van der Waals surface area (Å²) >= 11 is 0. The van der Waals surface area contributed by atoms with Crippen LogP contribution in [0.4, 0.5) is 0 Å². The number of hydroxylamine groups is 2. The van der Waals surface area contributed by atoms with E-state index in [0.29, 0.717) is 25.4 Å². The number of hydrogen-bond acceptors (Lipinski definition) is 4. The molecular weight excluding hydrogens is 348 g/mol. The van der Waals surface area contributed by atoms with Gasteiger partial charge in [-0.25, -0.2) is 0 Å². The third-order valence-corrected chi connectivity index (χ3v) is 5.75. The Labute approximate surface area is 169 Å². The molecule has 4 heteroatoms. The maximum absolute atomic E-state index is 9.78. The fourth-order valence-electron chi connectivity index (χ4n) is 4.55. The minimum Gasteiger partial charge on any atom is -0.396 e. The van der Waals surface area contributed by atoms with Crippen molar-refractivity contribution in [3.05, 3.63) is 60.2 Å². The van der Waals surface area contributed by atoms with Crippen molar-refractivity contribution in [2.45, 2.75) is 57.7 Å². The minimum absolute atomic E-state index is 0.153. The largest absolute Gasteiger partial charge is 0.396 e. The number of aliphatic hydroxyl groups excluding tert-OH is 1. The van der Waals surface area contributed by atoms with Gasteiger partial charge in [0.25, 0.3) is 0 Å². The van der Waals surface area contributed by atoms with Crippen molar-refractivity contribution in [1.82, 2.24) is 5.06 Å². The minimum atomic E-state index is -0.381. The van der Waals surface area contributed by atoms with Crippen LogP contribution < -0.4 is 5.73 Å². The first-order valence-electron chi connectivity index (χ1n) is 10.3. The molecule has 0 aliphatic carbocycles. The molecule has 0 bridgehead atoms. The molecule has 3 N–H and O–H groups in total. The summed E-state index contributed by atoms with van der Waals surface area (Å²) in [5, 5.41) is 11.9. The van der Waals surface area contributed by atoms with E-state index in [1.165, 1.54) is 16.7 Å². The Balaban J connectivity index is 1.83. The summed E-state index contributed by atoms with van der Waals surface area (Å²) in [5.74, 6) is 0.512. The zero-order valence-electron chi connectivity index (χ0n) is 17.4. The van der Waals surface area contributed by atoms with Gasteiger partial charge in [-0.15, -0.1) is 0 Å². The van der Waals surface area contributed by atoms with Gasteiger partial charge in [-0.2, -0.15) is 5.06 Å². The molecule has 3 rings (SSSR count). The van der Waals surface area contributed by atoms with Gasteiger partial charge in [0.05, 0.1) is 5.54 Å². The number of nitrogens with zero attached hydrogens (tertiary/aromatic N) is 1. The van der Waals surface area contributed by atoms with Crippen LogP contribution in [0.1, 0.15) is 45.6 Å². The smallest absolute Gasteiger partial charge is 0.101 e. The predicted molar refractivity (Wildman–Crippen MR) is 114 cm³/mol. The lowest BCUT2D eigenvalue weighted by molar-refractivity contribution is -0.226. The number of benzene rings is 2. The van der Waals surface area contributed by atoms with Gasteiger partial charge in [-0.3, -0.25) is 4.84 Å². The average molecular weight is 383 g/mol. The van der Waals surface area contributed by atoms with Crippen LogP contribution in [0.3, 0.4) is 0 Å². The lowest BCUT2D eigenvalue weighted by atomic mass is 9.78. The molecule has 0 spiro atoms. The first-order chi connectivity index (χ1) is 13.4. The first kappa shape index (κ1) is 21.0. The van der Waals surface area contributed by atoms with Gasteiger partial charge >= 0.3 is 0 Å². The van der Waals surface area contributed by atoms with Crippen molar-refractivity contribution >= 4 is 0 Å². The Morgan fingerprint density at radius 2 is 1.71 bits per heavy atom. The number of nitrogens with two attached hydrogens (primary N) is 1. The predicted octanol–water partition coefficient (Wildman–Crippen LogP) is 4.38. The summed E-state index contributed by atoms with van der Waals surface area (Å²) < 4.78 is 0. The number of hydrogen-bond donors (Lipinski definition) is 2. The van der Waals surface area contributed by atoms with Crippen LogP contribution in [-0.2, 0) is 11.4 Å². The molecule has 0 amide bonds. The zero-order valence-corrected chi connectivity index (χ0v) is 17.4. The monoisotopic (exact) mass is 382 g/mol. The molecule has 0 radical (unpaired) electrons. The quantitative estimate of drug-likeness (QED) is 0.711. The molecule has 28 heavy (non-hydrogen) atoms. The molecule has 2 aromatic rings. The average Bonchev–Trinajstić information content (AvgIpc) is 2.94. The fraction of sp³-hybridized carbons (Fsp3) is 0.500. The molecular formula is C24H34N2O2. The molecule has 2 aromatic carbocycles. The van der Waals surface area contributed by atoms with E-state index < -0.39 is 0 Å². The molecule has 1 saturated heterocycles. The van der Waals surface area contributed by atoms with E-state index in [4.69, 9.17) is 10.6 Å². The number of rotatable bonds is 8. The van der Waals surface area contributed by atoms with E-state index >= 15 is 0 Å². The van der Waals surface area contributed by atoms with E-state index in [1.54, 1.807) is 0 Å². The summed E-state index contributed by atoms with van der Waals surface area (Å²) in [6, 6.07) is 19.1. The molecule has 0 aromatic heterocycles. The van der Waals surface area contributed by atoms with Gasteiger partial charge in [-0.05, 0) is 42.4 Å². The van der Waals surface area contributed by atoms with E-state index in [2.05, 4.69) is 74.4 Å². The lowest BCUT2D eigenvalue weighted by Gasteiger charge is -2.37. The van der Waals surface area contributed by atoms with Crippen molar-refractivity contribution in [3.8, 4) is 11.1 Å². The second-order valence-electron chi connectivity index (χ2n) is 8.82. The maximum atomic E-state index is 9.78. The van der Waals surface area contributed by atoms with Gasteiger partial charge < -0.3 is 10.8 Å². The molecule has 152 valence electrons. The van der Waals surface area contributed by atoms with Crippen LogP contribution >= 0.6 is 0 Å². The van der Waals surface area contributed by atoms with Crippen molar-refractivity contribution in [2.24, 2.45) is 11.7 Å². The van der Waals surface area contributed by atoms with Gasteiger partial charge in [0.15, 0.2) is 0 Å². The second kappa shape index (κ2) is 8.75. The van der Waals surface area contributed by atoms with Crippen LogP contribution in [0.25, 0.3) is 11.1 Å². The molecule has 0 saturated carbocycles. The summed E-state index contributed by atoms with van der Waals surface area (Å²) in [6.45, 7) is 7.85. The number of aliphatic hydroxyl groups is 1. The highest BCUT2D eigenvalue weighted by Crippen LogP contribution is 2.45. The Hall–Kier alpha value is -1.72. The van der Waals surface area contributed by atoms with Crippen LogP contribution in [0.2, 0.25) is 0 Å². The molecule has 1 aliphatic rings. The summed E-state index contributed by atoms with van der Waals surface area (Å²) in [5.41, 5.74) is 9.11. The van der Waals surface area contributed by atoms with E-state index in [1.807, 2.05) is 6.07 Å². The Kier molecular flexibility index (Phi) is 6.56. The third-order valence-electron chi connectivity index (χ3n) is 5.75. The standard InChI is InChI=1S/C24H34N2O2/c1-19(2)15-24(13-14-27)17-23(3,18-25)28-26(24)16-20-9-11-22(12-10-20)21-7-5-4-6-8-21/h4-12,19,27H,13-18,25H2,1-3H3/t23-,24-/m1/s1. The highest BCUT2D eigenvalue weighted by molar-refractivity contribution is 5.63. The van der Waals surface area contributed by atoms with E-state index in [-0.39, 0.29) is 17.7 Å². The van der Waals surface area contributed by atoms with Crippen LogP contribution in [-0.4, -0.2) is 34.5 Å². The van der Waals surface area contributed by atoms with Crippen molar-refractivity contribution in [3.63, 3.8) is 0 Å². The second-order valence-corrected chi connectivity index (χ2v) is 8.82. The van der Waals surface area contributed by atoms with Crippen LogP contribution in [0.15, 0.2) is 54.6 Å².